The van der Waals surface area contributed by atoms with Gasteiger partial charge < -0.3 is 10.1 Å². The fourth-order valence-electron chi connectivity index (χ4n) is 1.64. The highest BCUT2D eigenvalue weighted by molar-refractivity contribution is 6.01. The van der Waals surface area contributed by atoms with Crippen molar-refractivity contribution < 1.29 is 14.7 Å². The number of H-pyrrole nitrogens is 1. The summed E-state index contributed by atoms with van der Waals surface area (Å²) in [5.74, 6) is -1.06. The lowest BCUT2D eigenvalue weighted by Crippen LogP contribution is -2.31. The van der Waals surface area contributed by atoms with Crippen LogP contribution in [0.4, 0.5) is 0 Å². The standard InChI is InChI=1S/C9H10N2O3/c1-11-3-7-5(8(12)4-11)2-6(10-7)9(13)14/h2,10H,3-4H2,1H3,(H,13,14). The second-order valence-corrected chi connectivity index (χ2v) is 3.48. The van der Waals surface area contributed by atoms with Gasteiger partial charge in [0.2, 0.25) is 0 Å². The summed E-state index contributed by atoms with van der Waals surface area (Å²) >= 11 is 0. The molecule has 1 aromatic rings. The summed E-state index contributed by atoms with van der Waals surface area (Å²) in [6.07, 6.45) is 0. The van der Waals surface area contributed by atoms with Crippen LogP contribution in [0.25, 0.3) is 0 Å². The summed E-state index contributed by atoms with van der Waals surface area (Å²) < 4.78 is 0. The Morgan fingerprint density at radius 3 is 2.93 bits per heavy atom. The van der Waals surface area contributed by atoms with E-state index in [1.165, 1.54) is 6.07 Å². The van der Waals surface area contributed by atoms with E-state index in [0.29, 0.717) is 24.3 Å². The Kier molecular flexibility index (Phi) is 1.89. The summed E-state index contributed by atoms with van der Waals surface area (Å²) in [7, 11) is 1.82. The molecule has 1 aliphatic rings. The molecule has 0 bridgehead atoms. The van der Waals surface area contributed by atoms with Crippen molar-refractivity contribution in [2.24, 2.45) is 0 Å². The van der Waals surface area contributed by atoms with Gasteiger partial charge in [0.1, 0.15) is 5.69 Å². The first-order valence-electron chi connectivity index (χ1n) is 4.25. The van der Waals surface area contributed by atoms with Crippen molar-refractivity contribution in [3.05, 3.63) is 23.0 Å². The first-order valence-corrected chi connectivity index (χ1v) is 4.25. The fraction of sp³-hybridized carbons (Fsp3) is 0.333. The van der Waals surface area contributed by atoms with E-state index in [4.69, 9.17) is 5.11 Å². The minimum absolute atomic E-state index is 0.0301. The van der Waals surface area contributed by atoms with E-state index in [0.717, 1.165) is 0 Å². The predicted octanol–water partition coefficient (Wildman–Crippen LogP) is 0.341. The molecule has 0 aromatic carbocycles. The third-order valence-corrected chi connectivity index (χ3v) is 2.27. The second-order valence-electron chi connectivity index (χ2n) is 3.48. The Morgan fingerprint density at radius 1 is 1.57 bits per heavy atom. The lowest BCUT2D eigenvalue weighted by Gasteiger charge is -2.20. The SMILES string of the molecule is CN1CC(=O)c2cc(C(=O)O)[nH]c2C1. The number of likely N-dealkylation sites (N-methyl/N-ethyl adjacent to an activating group) is 1. The molecule has 0 amide bonds. The van der Waals surface area contributed by atoms with Crippen molar-refractivity contribution in [2.75, 3.05) is 13.6 Å². The number of rotatable bonds is 1. The van der Waals surface area contributed by atoms with Crippen molar-refractivity contribution in [1.82, 2.24) is 9.88 Å². The summed E-state index contributed by atoms with van der Waals surface area (Å²) in [6, 6.07) is 1.41. The number of fused-ring (bicyclic) bond motifs is 1. The van der Waals surface area contributed by atoms with Crippen molar-refractivity contribution in [3.8, 4) is 0 Å². The molecule has 1 aromatic heterocycles. The molecule has 2 rings (SSSR count). The average molecular weight is 194 g/mol. The van der Waals surface area contributed by atoms with Gasteiger partial charge in [-0.1, -0.05) is 0 Å². The number of aromatic carboxylic acids is 1. The smallest absolute Gasteiger partial charge is 0.352 e. The molecule has 0 saturated heterocycles. The number of nitrogens with zero attached hydrogens (tertiary/aromatic N) is 1. The highest BCUT2D eigenvalue weighted by atomic mass is 16.4. The van der Waals surface area contributed by atoms with E-state index in [-0.39, 0.29) is 11.5 Å². The van der Waals surface area contributed by atoms with Crippen LogP contribution in [0.15, 0.2) is 6.07 Å². The molecular formula is C9H10N2O3. The Bertz CT molecular complexity index is 408. The van der Waals surface area contributed by atoms with Gasteiger partial charge in [-0.2, -0.15) is 0 Å². The van der Waals surface area contributed by atoms with Crippen LogP contribution < -0.4 is 0 Å². The number of aromatic nitrogens is 1. The lowest BCUT2D eigenvalue weighted by molar-refractivity contribution is 0.0690. The quantitative estimate of drug-likeness (QED) is 0.676. The highest BCUT2D eigenvalue weighted by Crippen LogP contribution is 2.18. The minimum atomic E-state index is -1.03. The van der Waals surface area contributed by atoms with Gasteiger partial charge in [-0.3, -0.25) is 9.69 Å². The van der Waals surface area contributed by atoms with E-state index in [2.05, 4.69) is 4.98 Å². The summed E-state index contributed by atoms with van der Waals surface area (Å²) in [4.78, 5) is 26.7. The third-order valence-electron chi connectivity index (χ3n) is 2.27. The Labute approximate surface area is 80.3 Å². The molecule has 0 atom stereocenters. The summed E-state index contributed by atoms with van der Waals surface area (Å²) in [6.45, 7) is 0.943. The van der Waals surface area contributed by atoms with E-state index >= 15 is 0 Å². The number of aromatic amines is 1. The van der Waals surface area contributed by atoms with Crippen molar-refractivity contribution >= 4 is 11.8 Å². The number of carboxylic acid groups (broad SMARTS) is 1. The topological polar surface area (TPSA) is 73.4 Å². The van der Waals surface area contributed by atoms with Gasteiger partial charge in [0.05, 0.1) is 6.54 Å². The van der Waals surface area contributed by atoms with Crippen LogP contribution in [-0.2, 0) is 6.54 Å². The maximum absolute atomic E-state index is 11.5. The predicted molar refractivity (Wildman–Crippen MR) is 48.4 cm³/mol. The molecule has 5 nitrogen and oxygen atoms in total. The van der Waals surface area contributed by atoms with Crippen LogP contribution in [-0.4, -0.2) is 40.3 Å². The number of nitrogens with one attached hydrogen (secondary N) is 1. The number of carbonyl (C=O) groups excluding carboxylic acids is 1. The molecule has 0 fully saturated rings. The van der Waals surface area contributed by atoms with Gasteiger partial charge in [0, 0.05) is 17.8 Å². The molecule has 2 N–H and O–H groups in total. The lowest BCUT2D eigenvalue weighted by atomic mass is 10.1. The first-order chi connectivity index (χ1) is 6.58. The fourth-order valence-corrected chi connectivity index (χ4v) is 1.64. The largest absolute Gasteiger partial charge is 0.477 e. The summed E-state index contributed by atoms with van der Waals surface area (Å²) in [5, 5.41) is 8.73. The van der Waals surface area contributed by atoms with Crippen molar-refractivity contribution in [3.63, 3.8) is 0 Å². The van der Waals surface area contributed by atoms with Gasteiger partial charge in [0.25, 0.3) is 0 Å². The number of ketones is 1. The summed E-state index contributed by atoms with van der Waals surface area (Å²) in [5.41, 5.74) is 1.29. The van der Waals surface area contributed by atoms with Gasteiger partial charge >= 0.3 is 5.97 Å². The van der Waals surface area contributed by atoms with Crippen LogP contribution in [0, 0.1) is 0 Å². The molecule has 14 heavy (non-hydrogen) atoms. The maximum Gasteiger partial charge on any atom is 0.352 e. The van der Waals surface area contributed by atoms with Gasteiger partial charge in [-0.15, -0.1) is 0 Å². The molecule has 0 spiro atoms. The second kappa shape index (κ2) is 2.95. The van der Waals surface area contributed by atoms with E-state index in [9.17, 15) is 9.59 Å². The Morgan fingerprint density at radius 2 is 2.29 bits per heavy atom. The molecule has 5 heteroatoms. The van der Waals surface area contributed by atoms with Crippen LogP contribution in [0.2, 0.25) is 0 Å². The van der Waals surface area contributed by atoms with Crippen molar-refractivity contribution in [1.29, 1.82) is 0 Å². The number of hydrogen-bond acceptors (Lipinski definition) is 3. The molecule has 0 saturated carbocycles. The zero-order valence-electron chi connectivity index (χ0n) is 7.70. The molecule has 0 aliphatic carbocycles. The van der Waals surface area contributed by atoms with Gasteiger partial charge in [0.15, 0.2) is 5.78 Å². The van der Waals surface area contributed by atoms with E-state index in [1.807, 2.05) is 11.9 Å². The molecule has 74 valence electrons. The Hall–Kier alpha value is -1.62. The van der Waals surface area contributed by atoms with Crippen LogP contribution in [0.3, 0.4) is 0 Å². The molecular weight excluding hydrogens is 184 g/mol. The van der Waals surface area contributed by atoms with Crippen molar-refractivity contribution in [2.45, 2.75) is 6.54 Å². The van der Waals surface area contributed by atoms with Crippen LogP contribution in [0.1, 0.15) is 26.5 Å². The maximum atomic E-state index is 11.5. The molecule has 1 aliphatic heterocycles. The zero-order valence-corrected chi connectivity index (χ0v) is 7.70. The molecule has 2 heterocycles. The average Bonchev–Trinajstić information content (AvgIpc) is 2.47. The monoisotopic (exact) mass is 194 g/mol. The normalized spacial score (nSPS) is 16.8. The highest BCUT2D eigenvalue weighted by Gasteiger charge is 2.24. The number of Topliss-reactive ketones (excluding diaryl/α,β-unsaturated/α-hetero) is 1. The van der Waals surface area contributed by atoms with Gasteiger partial charge in [-0.05, 0) is 13.1 Å². The number of hydrogen-bond donors (Lipinski definition) is 2. The first kappa shape index (κ1) is 8.96. The van der Waals surface area contributed by atoms with E-state index < -0.39 is 5.97 Å². The van der Waals surface area contributed by atoms with E-state index in [1.54, 1.807) is 0 Å². The molecule has 0 unspecified atom stereocenters. The third kappa shape index (κ3) is 1.31. The van der Waals surface area contributed by atoms with Crippen LogP contribution in [0.5, 0.6) is 0 Å². The van der Waals surface area contributed by atoms with Crippen LogP contribution >= 0.6 is 0 Å². The van der Waals surface area contributed by atoms with Gasteiger partial charge in [-0.25, -0.2) is 4.79 Å². The Balaban J connectivity index is 2.45. The number of carboxylic acids is 1. The molecule has 0 radical (unpaired) electrons. The minimum Gasteiger partial charge on any atom is -0.477 e. The number of carbonyl (C=O) groups is 2. The zero-order chi connectivity index (χ0) is 10.3.